The lowest BCUT2D eigenvalue weighted by Crippen LogP contribution is -2.16. The number of hydrogen-bond acceptors (Lipinski definition) is 3. The Morgan fingerprint density at radius 1 is 1.57 bits per heavy atom. The fourth-order valence-electron chi connectivity index (χ4n) is 0.812. The van der Waals surface area contributed by atoms with E-state index in [0.29, 0.717) is 0 Å². The van der Waals surface area contributed by atoms with Gasteiger partial charge in [-0.15, -0.1) is 0 Å². The summed E-state index contributed by atoms with van der Waals surface area (Å²) in [5, 5.41) is 3.32. The van der Waals surface area contributed by atoms with Crippen LogP contribution in [0, 0.1) is 6.92 Å². The van der Waals surface area contributed by atoms with Crippen LogP contribution in [-0.2, 0) is 6.54 Å². The van der Waals surface area contributed by atoms with Crippen LogP contribution in [0.1, 0.15) is 5.82 Å². The van der Waals surface area contributed by atoms with E-state index in [-0.39, 0.29) is 10.3 Å². The third-order valence-electron chi connectivity index (χ3n) is 1.58. The smallest absolute Gasteiger partial charge is 0.296 e. The van der Waals surface area contributed by atoms with Crippen molar-refractivity contribution in [2.24, 2.45) is 0 Å². The van der Waals surface area contributed by atoms with Crippen molar-refractivity contribution in [1.29, 1.82) is 0 Å². The van der Waals surface area contributed by atoms with Gasteiger partial charge in [-0.1, -0.05) is 27.7 Å². The van der Waals surface area contributed by atoms with Gasteiger partial charge in [0.25, 0.3) is 0 Å². The van der Waals surface area contributed by atoms with E-state index >= 15 is 0 Å². The first-order valence-electron chi connectivity index (χ1n) is 3.68. The molecule has 0 aliphatic heterocycles. The SMILES string of the molecule is Cc1noc(=O)n1C/C(F)=C(/F)CI. The number of halogens is 3. The Bertz CT molecular complexity index is 410. The van der Waals surface area contributed by atoms with Crippen LogP contribution in [0.2, 0.25) is 0 Å². The van der Waals surface area contributed by atoms with Gasteiger partial charge in [-0.05, 0) is 6.92 Å². The first kappa shape index (κ1) is 11.3. The summed E-state index contributed by atoms with van der Waals surface area (Å²) in [7, 11) is 0. The van der Waals surface area contributed by atoms with Gasteiger partial charge in [0.1, 0.15) is 5.83 Å². The second kappa shape index (κ2) is 4.67. The Morgan fingerprint density at radius 2 is 2.21 bits per heavy atom. The molecule has 0 spiro atoms. The van der Waals surface area contributed by atoms with Crippen molar-refractivity contribution in [3.63, 3.8) is 0 Å². The van der Waals surface area contributed by atoms with Crippen molar-refractivity contribution in [3.8, 4) is 0 Å². The van der Waals surface area contributed by atoms with Crippen molar-refractivity contribution in [3.05, 3.63) is 28.0 Å². The lowest BCUT2D eigenvalue weighted by atomic mass is 10.4. The highest BCUT2D eigenvalue weighted by Gasteiger charge is 2.11. The summed E-state index contributed by atoms with van der Waals surface area (Å²) in [4.78, 5) is 10.9. The molecule has 0 aliphatic rings. The Kier molecular flexibility index (Phi) is 3.78. The molecule has 0 fully saturated rings. The summed E-state index contributed by atoms with van der Waals surface area (Å²) >= 11 is 1.69. The van der Waals surface area contributed by atoms with E-state index in [4.69, 9.17) is 0 Å². The minimum Gasteiger partial charge on any atom is -0.296 e. The molecule has 14 heavy (non-hydrogen) atoms. The second-order valence-electron chi connectivity index (χ2n) is 2.53. The van der Waals surface area contributed by atoms with Crippen molar-refractivity contribution in [2.75, 3.05) is 4.43 Å². The van der Waals surface area contributed by atoms with Crippen LogP contribution in [-0.4, -0.2) is 14.2 Å². The van der Waals surface area contributed by atoms with Crippen LogP contribution in [0.4, 0.5) is 8.78 Å². The average Bonchev–Trinajstić information content (AvgIpc) is 2.48. The van der Waals surface area contributed by atoms with E-state index in [9.17, 15) is 13.6 Å². The van der Waals surface area contributed by atoms with Crippen molar-refractivity contribution in [2.45, 2.75) is 13.5 Å². The van der Waals surface area contributed by atoms with Gasteiger partial charge in [0, 0.05) is 0 Å². The standard InChI is InChI=1S/C7H7F2IN2O2/c1-4-11-14-7(13)12(4)3-6(9)5(8)2-10/h2-3H2,1H3/b6-5-. The third-order valence-corrected chi connectivity index (χ3v) is 2.25. The van der Waals surface area contributed by atoms with Gasteiger partial charge in [-0.2, -0.15) is 0 Å². The molecular weight excluding hydrogens is 309 g/mol. The predicted molar refractivity (Wildman–Crippen MR) is 53.6 cm³/mol. The molecule has 0 radical (unpaired) electrons. The summed E-state index contributed by atoms with van der Waals surface area (Å²) in [6, 6.07) is 0. The molecule has 4 nitrogen and oxygen atoms in total. The average molecular weight is 316 g/mol. The summed E-state index contributed by atoms with van der Waals surface area (Å²) in [5.74, 6) is -2.43. The number of allylic oxidation sites excluding steroid dienone is 2. The molecule has 7 heteroatoms. The van der Waals surface area contributed by atoms with E-state index in [1.807, 2.05) is 0 Å². The molecule has 0 aromatic carbocycles. The van der Waals surface area contributed by atoms with Gasteiger partial charge in [0.05, 0.1) is 11.0 Å². The number of nitrogens with zero attached hydrogens (tertiary/aromatic N) is 2. The first-order valence-corrected chi connectivity index (χ1v) is 5.21. The lowest BCUT2D eigenvalue weighted by Gasteiger charge is -1.99. The Labute approximate surface area is 91.7 Å². The zero-order valence-corrected chi connectivity index (χ0v) is 9.42. The van der Waals surface area contributed by atoms with Gasteiger partial charge in [-0.3, -0.25) is 9.09 Å². The van der Waals surface area contributed by atoms with E-state index in [0.717, 1.165) is 4.57 Å². The molecule has 1 rings (SSSR count). The van der Waals surface area contributed by atoms with Crippen molar-refractivity contribution < 1.29 is 13.3 Å². The second-order valence-corrected chi connectivity index (χ2v) is 3.29. The number of aryl methyl sites for hydroxylation is 1. The maximum Gasteiger partial charge on any atom is 0.441 e. The molecule has 0 atom stereocenters. The highest BCUT2D eigenvalue weighted by molar-refractivity contribution is 14.1. The maximum atomic E-state index is 13.0. The van der Waals surface area contributed by atoms with Gasteiger partial charge in [0.2, 0.25) is 0 Å². The van der Waals surface area contributed by atoms with Crippen LogP contribution in [0.3, 0.4) is 0 Å². The number of hydrogen-bond donors (Lipinski definition) is 0. The number of rotatable bonds is 3. The molecule has 1 heterocycles. The Morgan fingerprint density at radius 3 is 2.64 bits per heavy atom. The normalized spacial score (nSPS) is 12.9. The minimum atomic E-state index is -0.979. The van der Waals surface area contributed by atoms with E-state index < -0.39 is 24.0 Å². The fourth-order valence-corrected chi connectivity index (χ4v) is 1.23. The first-order chi connectivity index (χ1) is 6.56. The Balaban J connectivity index is 2.95. The molecule has 0 amide bonds. The molecule has 0 unspecified atom stereocenters. The molecular formula is C7H7F2IN2O2. The van der Waals surface area contributed by atoms with Gasteiger partial charge < -0.3 is 0 Å². The van der Waals surface area contributed by atoms with Crippen molar-refractivity contribution >= 4 is 22.6 Å². The highest BCUT2D eigenvalue weighted by atomic mass is 127. The molecule has 78 valence electrons. The van der Waals surface area contributed by atoms with Crippen molar-refractivity contribution in [1.82, 2.24) is 9.72 Å². The van der Waals surface area contributed by atoms with Crippen LogP contribution < -0.4 is 5.76 Å². The van der Waals surface area contributed by atoms with E-state index in [1.54, 1.807) is 22.6 Å². The maximum absolute atomic E-state index is 13.0. The van der Waals surface area contributed by atoms with Gasteiger partial charge >= 0.3 is 5.76 Å². The predicted octanol–water partition coefficient (Wildman–Crippen LogP) is 1.73. The summed E-state index contributed by atoms with van der Waals surface area (Å²) in [6.07, 6.45) is 0. The Hall–Kier alpha value is -0.730. The third kappa shape index (κ3) is 2.40. The molecule has 0 bridgehead atoms. The molecule has 0 saturated carbocycles. The largest absolute Gasteiger partial charge is 0.441 e. The van der Waals surface area contributed by atoms with Gasteiger partial charge in [0.15, 0.2) is 11.7 Å². The summed E-state index contributed by atoms with van der Waals surface area (Å²) in [6.45, 7) is 1.00. The van der Waals surface area contributed by atoms with Crippen LogP contribution in [0.25, 0.3) is 0 Å². The highest BCUT2D eigenvalue weighted by Crippen LogP contribution is 2.12. The summed E-state index contributed by atoms with van der Waals surface area (Å²) in [5.41, 5.74) is 0. The van der Waals surface area contributed by atoms with E-state index in [2.05, 4.69) is 9.68 Å². The number of alkyl halides is 1. The number of aromatic nitrogens is 2. The van der Waals surface area contributed by atoms with Gasteiger partial charge in [-0.25, -0.2) is 13.6 Å². The molecule has 0 saturated heterocycles. The summed E-state index contributed by atoms with van der Waals surface area (Å²) < 4.78 is 30.8. The zero-order chi connectivity index (χ0) is 10.7. The quantitative estimate of drug-likeness (QED) is 0.630. The molecule has 0 N–H and O–H groups in total. The molecule has 0 aliphatic carbocycles. The molecule has 1 aromatic rings. The molecule has 1 aromatic heterocycles. The van der Waals surface area contributed by atoms with Crippen LogP contribution >= 0.6 is 22.6 Å². The minimum absolute atomic E-state index is 0.0668. The lowest BCUT2D eigenvalue weighted by molar-refractivity contribution is 0.372. The topological polar surface area (TPSA) is 48.0 Å². The van der Waals surface area contributed by atoms with Crippen LogP contribution in [0.5, 0.6) is 0 Å². The monoisotopic (exact) mass is 316 g/mol. The fraction of sp³-hybridized carbons (Fsp3) is 0.429. The van der Waals surface area contributed by atoms with E-state index in [1.165, 1.54) is 6.92 Å². The van der Waals surface area contributed by atoms with Crippen LogP contribution in [0.15, 0.2) is 21.0 Å². The zero-order valence-electron chi connectivity index (χ0n) is 7.26.